The fourth-order valence-corrected chi connectivity index (χ4v) is 2.62. The van der Waals surface area contributed by atoms with Gasteiger partial charge in [-0.3, -0.25) is 0 Å². The van der Waals surface area contributed by atoms with Gasteiger partial charge in [-0.1, -0.05) is 42.2 Å². The van der Waals surface area contributed by atoms with Gasteiger partial charge in [0, 0.05) is 10.6 Å². The highest BCUT2D eigenvalue weighted by Crippen LogP contribution is 2.34. The number of oxime groups is 1. The lowest BCUT2D eigenvalue weighted by Gasteiger charge is -2.14. The van der Waals surface area contributed by atoms with Crippen molar-refractivity contribution in [2.45, 2.75) is 38.7 Å². The van der Waals surface area contributed by atoms with Gasteiger partial charge in [0.2, 0.25) is 0 Å². The molecule has 0 fully saturated rings. The van der Waals surface area contributed by atoms with Crippen molar-refractivity contribution in [3.8, 4) is 0 Å². The number of nitrogens with zero attached hydrogens (tertiary/aromatic N) is 1. The molecule has 0 atom stereocenters. The van der Waals surface area contributed by atoms with Crippen molar-refractivity contribution in [2.24, 2.45) is 5.16 Å². The van der Waals surface area contributed by atoms with Crippen molar-refractivity contribution in [1.29, 1.82) is 0 Å². The van der Waals surface area contributed by atoms with E-state index in [0.717, 1.165) is 24.3 Å². The van der Waals surface area contributed by atoms with Gasteiger partial charge >= 0.3 is 12.4 Å². The summed E-state index contributed by atoms with van der Waals surface area (Å²) in [6.07, 6.45) is -8.34. The van der Waals surface area contributed by atoms with Crippen LogP contribution in [-0.2, 0) is 23.8 Å². The second-order valence-electron chi connectivity index (χ2n) is 5.94. The van der Waals surface area contributed by atoms with Crippen molar-refractivity contribution < 1.29 is 31.2 Å². The lowest BCUT2D eigenvalue weighted by Crippen LogP contribution is -2.14. The van der Waals surface area contributed by atoms with Crippen LogP contribution in [0.4, 0.5) is 26.3 Å². The van der Waals surface area contributed by atoms with Crippen LogP contribution in [0.3, 0.4) is 0 Å². The maximum Gasteiger partial charge on any atom is 0.417 e. The Morgan fingerprint density at radius 3 is 2.14 bits per heavy atom. The highest BCUT2D eigenvalue weighted by Gasteiger charge is 2.34. The van der Waals surface area contributed by atoms with Crippen LogP contribution in [0.5, 0.6) is 0 Å². The molecule has 0 saturated carbocycles. The minimum Gasteiger partial charge on any atom is -0.391 e. The first-order valence-corrected chi connectivity index (χ1v) is 8.62. The second-order valence-corrected chi connectivity index (χ2v) is 6.38. The smallest absolute Gasteiger partial charge is 0.391 e. The van der Waals surface area contributed by atoms with E-state index < -0.39 is 23.5 Å². The van der Waals surface area contributed by atoms with Crippen molar-refractivity contribution in [1.82, 2.24) is 0 Å². The van der Waals surface area contributed by atoms with E-state index in [-0.39, 0.29) is 29.3 Å². The van der Waals surface area contributed by atoms with Crippen molar-refractivity contribution in [3.63, 3.8) is 0 Å². The van der Waals surface area contributed by atoms with Gasteiger partial charge in [0.1, 0.15) is 6.61 Å². The van der Waals surface area contributed by atoms with E-state index in [1.807, 2.05) is 0 Å². The van der Waals surface area contributed by atoms with Crippen LogP contribution in [0.25, 0.3) is 0 Å². The molecule has 0 N–H and O–H groups in total. The van der Waals surface area contributed by atoms with E-state index in [1.165, 1.54) is 18.2 Å². The molecule has 0 aliphatic carbocycles. The number of rotatable bonds is 6. The standard InChI is InChI=1S/C19H16ClF6NO/c1-2-3-17(15-10-14(20)8-9-16(15)19(24,25)26)27-28-11-12-4-6-13(7-5-12)18(21,22)23/h4-10H,2-3,11H2,1H3. The average molecular weight is 424 g/mol. The summed E-state index contributed by atoms with van der Waals surface area (Å²) in [4.78, 5) is 5.12. The minimum absolute atomic E-state index is 0.0595. The number of hydrogen-bond donors (Lipinski definition) is 0. The molecule has 9 heteroatoms. The Labute approximate surface area is 162 Å². The molecule has 0 spiro atoms. The third-order valence-corrected chi connectivity index (χ3v) is 4.01. The Hall–Kier alpha value is -2.22. The summed E-state index contributed by atoms with van der Waals surface area (Å²) in [6, 6.07) is 7.42. The van der Waals surface area contributed by atoms with Crippen molar-refractivity contribution >= 4 is 17.3 Å². The summed E-state index contributed by atoms with van der Waals surface area (Å²) >= 11 is 5.84. The van der Waals surface area contributed by atoms with E-state index in [1.54, 1.807) is 6.92 Å². The van der Waals surface area contributed by atoms with E-state index in [4.69, 9.17) is 16.4 Å². The molecule has 0 aliphatic heterocycles. The Kier molecular flexibility index (Phi) is 6.98. The largest absolute Gasteiger partial charge is 0.417 e. The van der Waals surface area contributed by atoms with E-state index >= 15 is 0 Å². The first-order chi connectivity index (χ1) is 13.0. The summed E-state index contributed by atoms with van der Waals surface area (Å²) in [5.41, 5.74) is -1.42. The number of alkyl halides is 6. The molecule has 0 bridgehead atoms. The molecule has 2 aromatic rings. The summed E-state index contributed by atoms with van der Waals surface area (Å²) in [5.74, 6) is 0. The van der Waals surface area contributed by atoms with Crippen LogP contribution in [0, 0.1) is 0 Å². The number of hydrogen-bond acceptors (Lipinski definition) is 2. The highest BCUT2D eigenvalue weighted by molar-refractivity contribution is 6.31. The maximum atomic E-state index is 13.3. The first-order valence-electron chi connectivity index (χ1n) is 8.24. The lowest BCUT2D eigenvalue weighted by atomic mass is 9.99. The molecular weight excluding hydrogens is 408 g/mol. The van der Waals surface area contributed by atoms with Gasteiger partial charge in [-0.15, -0.1) is 0 Å². The molecule has 0 heterocycles. The van der Waals surface area contributed by atoms with Crippen LogP contribution < -0.4 is 0 Å². The third kappa shape index (κ3) is 5.89. The van der Waals surface area contributed by atoms with Gasteiger partial charge in [-0.2, -0.15) is 26.3 Å². The number of halogens is 7. The second kappa shape index (κ2) is 8.86. The molecular formula is C19H16ClF6NO. The topological polar surface area (TPSA) is 21.6 Å². The normalized spacial score (nSPS) is 12.9. The van der Waals surface area contributed by atoms with Crippen molar-refractivity contribution in [2.75, 3.05) is 0 Å². The molecule has 2 rings (SSSR count). The molecule has 28 heavy (non-hydrogen) atoms. The summed E-state index contributed by atoms with van der Waals surface area (Å²) in [6.45, 7) is 1.58. The van der Waals surface area contributed by atoms with Crippen molar-refractivity contribution in [3.05, 3.63) is 69.7 Å². The monoisotopic (exact) mass is 423 g/mol. The first kappa shape index (κ1) is 22.1. The zero-order chi connectivity index (χ0) is 20.9. The predicted molar refractivity (Wildman–Crippen MR) is 94.1 cm³/mol. The Morgan fingerprint density at radius 2 is 1.61 bits per heavy atom. The zero-order valence-electron chi connectivity index (χ0n) is 14.7. The van der Waals surface area contributed by atoms with Gasteiger partial charge in [0.25, 0.3) is 0 Å². The van der Waals surface area contributed by atoms with Gasteiger partial charge in [0.05, 0.1) is 16.8 Å². The fourth-order valence-electron chi connectivity index (χ4n) is 2.44. The fraction of sp³-hybridized carbons (Fsp3) is 0.316. The van der Waals surface area contributed by atoms with Crippen LogP contribution in [-0.4, -0.2) is 5.71 Å². The predicted octanol–water partition coefficient (Wildman–Crippen LogP) is 7.10. The van der Waals surface area contributed by atoms with E-state index in [2.05, 4.69) is 5.16 Å². The minimum atomic E-state index is -4.60. The van der Waals surface area contributed by atoms with Crippen LogP contribution in [0.2, 0.25) is 5.02 Å². The Bertz CT molecular complexity index is 828. The zero-order valence-corrected chi connectivity index (χ0v) is 15.4. The van der Waals surface area contributed by atoms with Gasteiger partial charge in [-0.25, -0.2) is 0 Å². The summed E-state index contributed by atoms with van der Waals surface area (Å²) in [5, 5.41) is 3.92. The van der Waals surface area contributed by atoms with Crippen LogP contribution in [0.1, 0.15) is 42.0 Å². The quantitative estimate of drug-likeness (QED) is 0.276. The highest BCUT2D eigenvalue weighted by atomic mass is 35.5. The third-order valence-electron chi connectivity index (χ3n) is 3.77. The van der Waals surface area contributed by atoms with Gasteiger partial charge in [0.15, 0.2) is 0 Å². The Morgan fingerprint density at radius 1 is 0.964 bits per heavy atom. The SMILES string of the molecule is CCCC(=NOCc1ccc(C(F)(F)F)cc1)c1cc(Cl)ccc1C(F)(F)F. The van der Waals surface area contributed by atoms with Gasteiger partial charge in [-0.05, 0) is 42.3 Å². The molecule has 0 saturated heterocycles. The Balaban J connectivity index is 2.23. The van der Waals surface area contributed by atoms with Gasteiger partial charge < -0.3 is 4.84 Å². The molecule has 0 unspecified atom stereocenters. The maximum absolute atomic E-state index is 13.3. The van der Waals surface area contributed by atoms with E-state index in [9.17, 15) is 26.3 Å². The van der Waals surface area contributed by atoms with E-state index in [0.29, 0.717) is 12.0 Å². The molecule has 152 valence electrons. The molecule has 2 aromatic carbocycles. The molecule has 0 amide bonds. The molecule has 0 aliphatic rings. The molecule has 0 radical (unpaired) electrons. The lowest BCUT2D eigenvalue weighted by molar-refractivity contribution is -0.138. The van der Waals surface area contributed by atoms with Crippen LogP contribution in [0.15, 0.2) is 47.6 Å². The molecule has 2 nitrogen and oxygen atoms in total. The summed E-state index contributed by atoms with van der Waals surface area (Å²) < 4.78 is 77.5. The average Bonchev–Trinajstić information content (AvgIpc) is 2.59. The molecule has 0 aromatic heterocycles. The number of benzene rings is 2. The van der Waals surface area contributed by atoms with Crippen LogP contribution >= 0.6 is 11.6 Å². The summed E-state index contributed by atoms with van der Waals surface area (Å²) in [7, 11) is 0.